The number of rotatable bonds is 0. The minimum atomic E-state index is 1.03. The van der Waals surface area contributed by atoms with Gasteiger partial charge in [-0.25, -0.2) is 0 Å². The molecule has 0 aromatic carbocycles. The average Bonchev–Trinajstić information content (AvgIpc) is 2.43. The second-order valence-corrected chi connectivity index (χ2v) is 2.49. The third kappa shape index (κ3) is 1.40. The number of nitrogens with one attached hydrogen (secondary N) is 1. The van der Waals surface area contributed by atoms with Gasteiger partial charge in [-0.1, -0.05) is 0 Å². The van der Waals surface area contributed by atoms with Crippen LogP contribution in [0.25, 0.3) is 0 Å². The Morgan fingerprint density at radius 2 is 2.00 bits per heavy atom. The van der Waals surface area contributed by atoms with Crippen LogP contribution in [0.15, 0.2) is 4.99 Å². The molecule has 1 aliphatic heterocycles. The lowest BCUT2D eigenvalue weighted by Gasteiger charge is -2.18. The van der Waals surface area contributed by atoms with Gasteiger partial charge in [0.05, 0.1) is 0 Å². The second-order valence-electron chi connectivity index (χ2n) is 2.49. The van der Waals surface area contributed by atoms with Crippen LogP contribution < -0.4 is 5.32 Å². The molecule has 3 heteroatoms. The van der Waals surface area contributed by atoms with Crippen LogP contribution in [0.3, 0.4) is 0 Å². The van der Waals surface area contributed by atoms with Crippen molar-refractivity contribution in [1.82, 2.24) is 10.2 Å². The Kier molecular flexibility index (Phi) is 2.54. The van der Waals surface area contributed by atoms with Gasteiger partial charge in [0.15, 0.2) is 5.96 Å². The van der Waals surface area contributed by atoms with Gasteiger partial charge < -0.3 is 10.2 Å². The van der Waals surface area contributed by atoms with Gasteiger partial charge in [-0.05, 0) is 12.8 Å². The van der Waals surface area contributed by atoms with E-state index in [4.69, 9.17) is 0 Å². The summed E-state index contributed by atoms with van der Waals surface area (Å²) in [5.41, 5.74) is 0. The van der Waals surface area contributed by atoms with Gasteiger partial charge in [-0.2, -0.15) is 0 Å². The van der Waals surface area contributed by atoms with Crippen molar-refractivity contribution in [2.75, 3.05) is 27.2 Å². The molecule has 0 aliphatic carbocycles. The fraction of sp³-hybridized carbons (Fsp3) is 0.857. The van der Waals surface area contributed by atoms with Crippen molar-refractivity contribution in [2.24, 2.45) is 4.99 Å². The topological polar surface area (TPSA) is 27.6 Å². The first-order valence-electron chi connectivity index (χ1n) is 3.78. The van der Waals surface area contributed by atoms with E-state index in [1.807, 2.05) is 14.1 Å². The van der Waals surface area contributed by atoms with E-state index < -0.39 is 0 Å². The summed E-state index contributed by atoms with van der Waals surface area (Å²) in [6, 6.07) is 0. The standard InChI is InChI=1S/C7H15N3/c1-8-7(9-2)10-5-3-4-6-10/h3-6H2,1-2H3,(H,8,9). The fourth-order valence-electron chi connectivity index (χ4n) is 1.34. The van der Waals surface area contributed by atoms with Crippen molar-refractivity contribution < 1.29 is 0 Å². The van der Waals surface area contributed by atoms with Crippen LogP contribution in [0.4, 0.5) is 0 Å². The monoisotopic (exact) mass is 141 g/mol. The van der Waals surface area contributed by atoms with E-state index in [2.05, 4.69) is 15.2 Å². The predicted octanol–water partition coefficient (Wildman–Crippen LogP) is 0.287. The lowest BCUT2D eigenvalue weighted by Crippen LogP contribution is -2.37. The Labute approximate surface area is 62.1 Å². The molecule has 10 heavy (non-hydrogen) atoms. The molecule has 1 N–H and O–H groups in total. The minimum absolute atomic E-state index is 1.03. The maximum atomic E-state index is 4.12. The number of likely N-dealkylation sites (tertiary alicyclic amines) is 1. The van der Waals surface area contributed by atoms with Gasteiger partial charge in [-0.3, -0.25) is 4.99 Å². The first kappa shape index (κ1) is 7.38. The molecule has 1 fully saturated rings. The van der Waals surface area contributed by atoms with E-state index >= 15 is 0 Å². The molecule has 3 nitrogen and oxygen atoms in total. The highest BCUT2D eigenvalue weighted by Gasteiger charge is 2.13. The number of aliphatic imine (C=N–C) groups is 1. The maximum absolute atomic E-state index is 4.12. The molecule has 0 spiro atoms. The van der Waals surface area contributed by atoms with Crippen LogP contribution in [0.1, 0.15) is 12.8 Å². The molecule has 0 aromatic heterocycles. The molecular formula is C7H15N3. The van der Waals surface area contributed by atoms with Crippen molar-refractivity contribution in [1.29, 1.82) is 0 Å². The summed E-state index contributed by atoms with van der Waals surface area (Å²) in [4.78, 5) is 6.40. The predicted molar refractivity (Wildman–Crippen MR) is 43.2 cm³/mol. The highest BCUT2D eigenvalue weighted by atomic mass is 15.3. The second kappa shape index (κ2) is 3.44. The SMILES string of the molecule is C/N=C(/NC)N1CCCC1. The van der Waals surface area contributed by atoms with Crippen molar-refractivity contribution >= 4 is 5.96 Å². The smallest absolute Gasteiger partial charge is 0.193 e. The molecule has 0 bridgehead atoms. The molecule has 1 aliphatic rings. The largest absolute Gasteiger partial charge is 0.359 e. The third-order valence-corrected chi connectivity index (χ3v) is 1.84. The summed E-state index contributed by atoms with van der Waals surface area (Å²) in [6.45, 7) is 2.32. The first-order chi connectivity index (χ1) is 4.88. The molecule has 0 saturated carbocycles. The van der Waals surface area contributed by atoms with Crippen molar-refractivity contribution in [3.8, 4) is 0 Å². The normalized spacial score (nSPS) is 19.8. The van der Waals surface area contributed by atoms with E-state index in [0.29, 0.717) is 0 Å². The van der Waals surface area contributed by atoms with E-state index in [-0.39, 0.29) is 0 Å². The first-order valence-corrected chi connectivity index (χ1v) is 3.78. The summed E-state index contributed by atoms with van der Waals surface area (Å²) >= 11 is 0. The van der Waals surface area contributed by atoms with Crippen LogP contribution in [-0.2, 0) is 0 Å². The Morgan fingerprint density at radius 1 is 1.40 bits per heavy atom. The Bertz CT molecular complexity index is 125. The minimum Gasteiger partial charge on any atom is -0.359 e. The van der Waals surface area contributed by atoms with E-state index in [9.17, 15) is 0 Å². The molecule has 0 amide bonds. The summed E-state index contributed by atoms with van der Waals surface area (Å²) in [5.74, 6) is 1.03. The molecule has 1 rings (SSSR count). The maximum Gasteiger partial charge on any atom is 0.193 e. The molecule has 0 unspecified atom stereocenters. The van der Waals surface area contributed by atoms with Gasteiger partial charge in [0.25, 0.3) is 0 Å². The lowest BCUT2D eigenvalue weighted by molar-refractivity contribution is 0.501. The van der Waals surface area contributed by atoms with Gasteiger partial charge in [0, 0.05) is 27.2 Å². The van der Waals surface area contributed by atoms with Crippen LogP contribution in [0, 0.1) is 0 Å². The number of hydrogen-bond donors (Lipinski definition) is 1. The molecule has 58 valence electrons. The van der Waals surface area contributed by atoms with Crippen LogP contribution >= 0.6 is 0 Å². The highest BCUT2D eigenvalue weighted by Crippen LogP contribution is 2.06. The Balaban J connectivity index is 2.45. The molecule has 1 saturated heterocycles. The van der Waals surface area contributed by atoms with E-state index in [0.717, 1.165) is 19.0 Å². The molecule has 0 aromatic rings. The van der Waals surface area contributed by atoms with Crippen molar-refractivity contribution in [3.05, 3.63) is 0 Å². The van der Waals surface area contributed by atoms with Crippen LogP contribution in [0.2, 0.25) is 0 Å². The zero-order valence-corrected chi connectivity index (χ0v) is 6.72. The van der Waals surface area contributed by atoms with Gasteiger partial charge in [-0.15, -0.1) is 0 Å². The fourth-order valence-corrected chi connectivity index (χ4v) is 1.34. The van der Waals surface area contributed by atoms with Crippen LogP contribution in [0.5, 0.6) is 0 Å². The summed E-state index contributed by atoms with van der Waals surface area (Å²) < 4.78 is 0. The van der Waals surface area contributed by atoms with Crippen LogP contribution in [-0.4, -0.2) is 38.0 Å². The Morgan fingerprint density at radius 3 is 2.40 bits per heavy atom. The zero-order chi connectivity index (χ0) is 7.40. The van der Waals surface area contributed by atoms with Crippen molar-refractivity contribution in [3.63, 3.8) is 0 Å². The quantitative estimate of drug-likeness (QED) is 0.388. The summed E-state index contributed by atoms with van der Waals surface area (Å²) in [5, 5.41) is 3.07. The molecule has 0 radical (unpaired) electrons. The van der Waals surface area contributed by atoms with Crippen molar-refractivity contribution in [2.45, 2.75) is 12.8 Å². The highest BCUT2D eigenvalue weighted by molar-refractivity contribution is 5.79. The molecule has 0 atom stereocenters. The average molecular weight is 141 g/mol. The van der Waals surface area contributed by atoms with Gasteiger partial charge >= 0.3 is 0 Å². The lowest BCUT2D eigenvalue weighted by atomic mass is 10.4. The van der Waals surface area contributed by atoms with E-state index in [1.165, 1.54) is 12.8 Å². The third-order valence-electron chi connectivity index (χ3n) is 1.84. The summed E-state index contributed by atoms with van der Waals surface area (Å²) in [6.07, 6.45) is 2.61. The number of nitrogens with zero attached hydrogens (tertiary/aromatic N) is 2. The number of guanidine groups is 1. The Hall–Kier alpha value is -0.730. The van der Waals surface area contributed by atoms with Gasteiger partial charge in [0.2, 0.25) is 0 Å². The molecular weight excluding hydrogens is 126 g/mol. The zero-order valence-electron chi connectivity index (χ0n) is 6.72. The van der Waals surface area contributed by atoms with Gasteiger partial charge in [0.1, 0.15) is 0 Å². The van der Waals surface area contributed by atoms with E-state index in [1.54, 1.807) is 0 Å². The summed E-state index contributed by atoms with van der Waals surface area (Å²) in [7, 11) is 3.74. The number of hydrogen-bond acceptors (Lipinski definition) is 1. The molecule has 1 heterocycles.